The summed E-state index contributed by atoms with van der Waals surface area (Å²) >= 11 is 0. The standard InChI is InChI=1S/C20H29N5O3S/c1-21-29(27,28)17-13-19(24(3)14-17)20(26)22-18(16-7-5-4-6-8-16)15-25-11-9-23(2)10-12-25/h4-8,13-14,18,21H,9-12,15H2,1-3H3,(H,22,26). The molecule has 29 heavy (non-hydrogen) atoms. The van der Waals surface area contributed by atoms with Crippen molar-refractivity contribution < 1.29 is 13.2 Å². The molecule has 1 aromatic heterocycles. The molecule has 0 saturated carbocycles. The molecule has 1 fully saturated rings. The predicted octanol–water partition coefficient (Wildman–Crippen LogP) is 0.652. The number of carbonyl (C=O) groups is 1. The Balaban J connectivity index is 1.80. The molecule has 9 heteroatoms. The molecule has 158 valence electrons. The van der Waals surface area contributed by atoms with Crippen LogP contribution in [-0.2, 0) is 17.1 Å². The third kappa shape index (κ3) is 5.24. The second-order valence-corrected chi connectivity index (χ2v) is 9.31. The fourth-order valence-corrected chi connectivity index (χ4v) is 4.26. The molecule has 2 heterocycles. The Morgan fingerprint density at radius 2 is 1.76 bits per heavy atom. The summed E-state index contributed by atoms with van der Waals surface area (Å²) in [7, 11) is 1.52. The maximum Gasteiger partial charge on any atom is 0.268 e. The lowest BCUT2D eigenvalue weighted by molar-refractivity contribution is 0.0899. The number of amides is 1. The number of likely N-dealkylation sites (N-methyl/N-ethyl adjacent to an activating group) is 1. The van der Waals surface area contributed by atoms with Crippen LogP contribution in [0.15, 0.2) is 47.5 Å². The molecule has 0 bridgehead atoms. The first-order valence-electron chi connectivity index (χ1n) is 9.67. The van der Waals surface area contributed by atoms with Gasteiger partial charge in [-0.25, -0.2) is 13.1 Å². The normalized spacial score (nSPS) is 17.2. The molecule has 2 N–H and O–H groups in total. The van der Waals surface area contributed by atoms with Crippen molar-refractivity contribution >= 4 is 15.9 Å². The van der Waals surface area contributed by atoms with Gasteiger partial charge in [0.1, 0.15) is 10.6 Å². The van der Waals surface area contributed by atoms with E-state index in [-0.39, 0.29) is 16.8 Å². The lowest BCUT2D eigenvalue weighted by Gasteiger charge is -2.35. The maximum atomic E-state index is 13.0. The number of nitrogens with zero attached hydrogens (tertiary/aromatic N) is 3. The number of aryl methyl sites for hydroxylation is 1. The van der Waals surface area contributed by atoms with Crippen LogP contribution in [0.5, 0.6) is 0 Å². The van der Waals surface area contributed by atoms with Crippen LogP contribution < -0.4 is 10.0 Å². The Morgan fingerprint density at radius 3 is 2.38 bits per heavy atom. The van der Waals surface area contributed by atoms with Crippen LogP contribution in [-0.4, -0.2) is 75.5 Å². The number of hydrogen-bond donors (Lipinski definition) is 2. The van der Waals surface area contributed by atoms with Crippen molar-refractivity contribution in [1.29, 1.82) is 0 Å². The summed E-state index contributed by atoms with van der Waals surface area (Å²) in [5, 5.41) is 3.10. The van der Waals surface area contributed by atoms with Crippen LogP contribution in [0.3, 0.4) is 0 Å². The predicted molar refractivity (Wildman–Crippen MR) is 112 cm³/mol. The molecule has 0 radical (unpaired) electrons. The molecule has 1 saturated heterocycles. The number of rotatable bonds is 7. The van der Waals surface area contributed by atoms with E-state index in [9.17, 15) is 13.2 Å². The highest BCUT2D eigenvalue weighted by molar-refractivity contribution is 7.89. The van der Waals surface area contributed by atoms with E-state index in [2.05, 4.69) is 26.9 Å². The average molecular weight is 420 g/mol. The van der Waals surface area contributed by atoms with Crippen LogP contribution in [0.2, 0.25) is 0 Å². The number of sulfonamides is 1. The van der Waals surface area contributed by atoms with Gasteiger partial charge < -0.3 is 14.8 Å². The SMILES string of the molecule is CNS(=O)(=O)c1cc(C(=O)NC(CN2CCN(C)CC2)c2ccccc2)n(C)c1. The minimum atomic E-state index is -3.61. The van der Waals surface area contributed by atoms with Gasteiger partial charge in [-0.1, -0.05) is 30.3 Å². The molecule has 0 aliphatic carbocycles. The minimum absolute atomic E-state index is 0.0722. The molecule has 8 nitrogen and oxygen atoms in total. The number of nitrogens with one attached hydrogen (secondary N) is 2. The van der Waals surface area contributed by atoms with Crippen molar-refractivity contribution in [3.05, 3.63) is 53.9 Å². The number of aromatic nitrogens is 1. The molecular formula is C20H29N5O3S. The zero-order valence-electron chi connectivity index (χ0n) is 17.1. The van der Waals surface area contributed by atoms with Gasteiger partial charge in [-0.05, 0) is 25.7 Å². The van der Waals surface area contributed by atoms with E-state index in [0.717, 1.165) is 31.7 Å². The third-order valence-electron chi connectivity index (χ3n) is 5.34. The Labute approximate surface area is 172 Å². The average Bonchev–Trinajstić information content (AvgIpc) is 3.12. The third-order valence-corrected chi connectivity index (χ3v) is 6.72. The number of piperazine rings is 1. The van der Waals surface area contributed by atoms with Gasteiger partial charge in [0.25, 0.3) is 5.91 Å². The number of carbonyl (C=O) groups excluding carboxylic acids is 1. The number of hydrogen-bond acceptors (Lipinski definition) is 5. The summed E-state index contributed by atoms with van der Waals surface area (Å²) in [6, 6.07) is 11.1. The van der Waals surface area contributed by atoms with Gasteiger partial charge in [-0.15, -0.1) is 0 Å². The summed E-state index contributed by atoms with van der Waals surface area (Å²) in [6.07, 6.45) is 1.44. The van der Waals surface area contributed by atoms with E-state index >= 15 is 0 Å². The zero-order valence-corrected chi connectivity index (χ0v) is 17.9. The van der Waals surface area contributed by atoms with Gasteiger partial charge in [0.15, 0.2) is 0 Å². The maximum absolute atomic E-state index is 13.0. The molecule has 1 aliphatic heterocycles. The van der Waals surface area contributed by atoms with E-state index in [4.69, 9.17) is 0 Å². The molecule has 1 unspecified atom stereocenters. The Morgan fingerprint density at radius 1 is 1.10 bits per heavy atom. The van der Waals surface area contributed by atoms with Crippen molar-refractivity contribution in [2.45, 2.75) is 10.9 Å². The summed E-state index contributed by atoms with van der Waals surface area (Å²) in [4.78, 5) is 17.7. The summed E-state index contributed by atoms with van der Waals surface area (Å²) in [6.45, 7) is 4.60. The first-order valence-corrected chi connectivity index (χ1v) is 11.1. The highest BCUT2D eigenvalue weighted by atomic mass is 32.2. The zero-order chi connectivity index (χ0) is 21.0. The van der Waals surface area contributed by atoms with Gasteiger partial charge in [0.2, 0.25) is 10.0 Å². The van der Waals surface area contributed by atoms with Crippen LogP contribution in [0, 0.1) is 0 Å². The monoisotopic (exact) mass is 419 g/mol. The van der Waals surface area contributed by atoms with Gasteiger partial charge in [0.05, 0.1) is 6.04 Å². The van der Waals surface area contributed by atoms with Crippen molar-refractivity contribution in [3.63, 3.8) is 0 Å². The fraction of sp³-hybridized carbons (Fsp3) is 0.450. The van der Waals surface area contributed by atoms with E-state index in [1.165, 1.54) is 23.9 Å². The van der Waals surface area contributed by atoms with Crippen molar-refractivity contribution in [2.24, 2.45) is 7.05 Å². The number of benzene rings is 1. The Bertz CT molecular complexity index is 934. The summed E-state index contributed by atoms with van der Waals surface area (Å²) in [5.41, 5.74) is 1.33. The molecule has 2 aromatic rings. The highest BCUT2D eigenvalue weighted by Gasteiger charge is 2.24. The largest absolute Gasteiger partial charge is 0.345 e. The second kappa shape index (κ2) is 9.08. The minimum Gasteiger partial charge on any atom is -0.345 e. The lowest BCUT2D eigenvalue weighted by Crippen LogP contribution is -2.48. The van der Waals surface area contributed by atoms with Gasteiger partial charge in [0, 0.05) is 46.0 Å². The summed E-state index contributed by atoms with van der Waals surface area (Å²) in [5.74, 6) is -0.298. The van der Waals surface area contributed by atoms with Crippen molar-refractivity contribution in [3.8, 4) is 0 Å². The first kappa shape index (κ1) is 21.5. The Kier molecular flexibility index (Phi) is 6.74. The quantitative estimate of drug-likeness (QED) is 0.688. The highest BCUT2D eigenvalue weighted by Crippen LogP contribution is 2.18. The fourth-order valence-electron chi connectivity index (χ4n) is 3.47. The van der Waals surface area contributed by atoms with Gasteiger partial charge in [-0.2, -0.15) is 0 Å². The van der Waals surface area contributed by atoms with Crippen molar-refractivity contribution in [2.75, 3.05) is 46.8 Å². The van der Waals surface area contributed by atoms with E-state index in [0.29, 0.717) is 12.2 Å². The molecule has 1 aliphatic rings. The Hall–Kier alpha value is -2.20. The smallest absolute Gasteiger partial charge is 0.268 e. The summed E-state index contributed by atoms with van der Waals surface area (Å²) < 4.78 is 27.9. The van der Waals surface area contributed by atoms with Crippen molar-refractivity contribution in [1.82, 2.24) is 24.4 Å². The molecule has 1 atom stereocenters. The molecule has 0 spiro atoms. The van der Waals surface area contributed by atoms with Crippen LogP contribution in [0.25, 0.3) is 0 Å². The van der Waals surface area contributed by atoms with E-state index in [1.807, 2.05) is 30.3 Å². The second-order valence-electron chi connectivity index (χ2n) is 7.42. The topological polar surface area (TPSA) is 86.7 Å². The first-order chi connectivity index (χ1) is 13.8. The molecular weight excluding hydrogens is 390 g/mol. The lowest BCUT2D eigenvalue weighted by atomic mass is 10.1. The van der Waals surface area contributed by atoms with Gasteiger partial charge >= 0.3 is 0 Å². The van der Waals surface area contributed by atoms with E-state index < -0.39 is 10.0 Å². The van der Waals surface area contributed by atoms with Crippen LogP contribution in [0.4, 0.5) is 0 Å². The van der Waals surface area contributed by atoms with Gasteiger partial charge in [-0.3, -0.25) is 9.69 Å². The van der Waals surface area contributed by atoms with E-state index in [1.54, 1.807) is 7.05 Å². The molecule has 1 aromatic carbocycles. The van der Waals surface area contributed by atoms with Crippen LogP contribution in [0.1, 0.15) is 22.1 Å². The van der Waals surface area contributed by atoms with Crippen LogP contribution >= 0.6 is 0 Å². The molecule has 1 amide bonds. The molecule has 3 rings (SSSR count).